The van der Waals surface area contributed by atoms with Gasteiger partial charge in [-0.3, -0.25) is 0 Å². The first-order chi connectivity index (χ1) is 15.2. The summed E-state index contributed by atoms with van der Waals surface area (Å²) in [6, 6.07) is 29.6. The molecule has 1 aliphatic rings. The molecule has 1 atom stereocenters. The van der Waals surface area contributed by atoms with Gasteiger partial charge in [0.15, 0.2) is 0 Å². The quantitative estimate of drug-likeness (QED) is 0.477. The van der Waals surface area contributed by atoms with Crippen LogP contribution in [0.1, 0.15) is 22.9 Å². The van der Waals surface area contributed by atoms with E-state index in [0.29, 0.717) is 18.0 Å². The average Bonchev–Trinajstić information content (AvgIpc) is 3.24. The summed E-state index contributed by atoms with van der Waals surface area (Å²) in [5.41, 5.74) is 5.01. The van der Waals surface area contributed by atoms with Crippen LogP contribution in [-0.4, -0.2) is 22.6 Å². The number of para-hydroxylation sites is 1. The van der Waals surface area contributed by atoms with Crippen molar-refractivity contribution in [1.82, 2.24) is 9.47 Å². The number of nitrogens with zero attached hydrogens (tertiary/aromatic N) is 2. The van der Waals surface area contributed by atoms with Gasteiger partial charge in [-0.15, -0.1) is 0 Å². The van der Waals surface area contributed by atoms with E-state index in [4.69, 9.17) is 4.74 Å². The van der Waals surface area contributed by atoms with Gasteiger partial charge in [-0.1, -0.05) is 54.6 Å². The monoisotopic (exact) mass is 409 g/mol. The summed E-state index contributed by atoms with van der Waals surface area (Å²) in [6.45, 7) is 0.493. The molecule has 31 heavy (non-hydrogen) atoms. The molecule has 0 bridgehead atoms. The maximum atomic E-state index is 13.6. The van der Waals surface area contributed by atoms with Crippen LogP contribution in [0, 0.1) is 0 Å². The van der Waals surface area contributed by atoms with Gasteiger partial charge >= 0.3 is 6.03 Å². The standard InChI is InChI=1S/C26H23N3O2/c1-31-22-13-7-12-21(17-22)27-26(30)29-18-20-11-5-6-14-23(20)28-16-8-15-24(28)25(29)19-9-3-2-4-10-19/h2-17,25H,18H2,1H3,(H,27,30)/t25-/m0/s1. The number of carbonyl (C=O) groups is 1. The Labute approximate surface area is 181 Å². The van der Waals surface area contributed by atoms with Gasteiger partial charge in [0.05, 0.1) is 25.4 Å². The second kappa shape index (κ2) is 8.03. The number of methoxy groups -OCH3 is 1. The molecule has 1 N–H and O–H groups in total. The lowest BCUT2D eigenvalue weighted by Crippen LogP contribution is -2.37. The van der Waals surface area contributed by atoms with E-state index in [1.165, 1.54) is 0 Å². The molecule has 0 fully saturated rings. The highest BCUT2D eigenvalue weighted by atomic mass is 16.5. The summed E-state index contributed by atoms with van der Waals surface area (Å²) in [7, 11) is 1.62. The normalized spacial score (nSPS) is 14.9. The zero-order valence-electron chi connectivity index (χ0n) is 17.2. The van der Waals surface area contributed by atoms with Crippen LogP contribution in [0.3, 0.4) is 0 Å². The predicted molar refractivity (Wildman–Crippen MR) is 122 cm³/mol. The van der Waals surface area contributed by atoms with Gasteiger partial charge in [-0.2, -0.15) is 0 Å². The Hall–Kier alpha value is -3.99. The van der Waals surface area contributed by atoms with E-state index < -0.39 is 0 Å². The fourth-order valence-electron chi connectivity index (χ4n) is 4.22. The van der Waals surface area contributed by atoms with Crippen molar-refractivity contribution < 1.29 is 9.53 Å². The zero-order chi connectivity index (χ0) is 21.2. The van der Waals surface area contributed by atoms with E-state index in [1.54, 1.807) is 7.11 Å². The molecule has 1 aromatic heterocycles. The molecule has 5 nitrogen and oxygen atoms in total. The first-order valence-electron chi connectivity index (χ1n) is 10.3. The van der Waals surface area contributed by atoms with Crippen molar-refractivity contribution in [1.29, 1.82) is 0 Å². The number of carbonyl (C=O) groups excluding carboxylic acids is 1. The van der Waals surface area contributed by atoms with Crippen molar-refractivity contribution in [2.24, 2.45) is 0 Å². The third kappa shape index (κ3) is 3.55. The summed E-state index contributed by atoms with van der Waals surface area (Å²) in [5, 5.41) is 3.07. The molecule has 0 saturated carbocycles. The molecule has 3 aromatic carbocycles. The van der Waals surface area contributed by atoms with E-state index in [1.807, 2.05) is 65.6 Å². The highest BCUT2D eigenvalue weighted by Gasteiger charge is 2.32. The minimum Gasteiger partial charge on any atom is -0.497 e. The third-order valence-corrected chi connectivity index (χ3v) is 5.66. The average molecular weight is 409 g/mol. The molecule has 1 aliphatic heterocycles. The molecule has 2 heterocycles. The molecule has 5 heteroatoms. The molecule has 2 amide bonds. The van der Waals surface area contributed by atoms with Crippen molar-refractivity contribution in [3.05, 3.63) is 114 Å². The fourth-order valence-corrected chi connectivity index (χ4v) is 4.22. The van der Waals surface area contributed by atoms with Gasteiger partial charge in [0.25, 0.3) is 0 Å². The van der Waals surface area contributed by atoms with Gasteiger partial charge in [0.1, 0.15) is 5.75 Å². The zero-order valence-corrected chi connectivity index (χ0v) is 17.2. The number of anilines is 1. The Bertz CT molecular complexity index is 1220. The second-order valence-electron chi connectivity index (χ2n) is 7.53. The Balaban J connectivity index is 1.60. The Kier molecular flexibility index (Phi) is 4.92. The molecule has 0 spiro atoms. The minimum absolute atomic E-state index is 0.161. The number of rotatable bonds is 3. The highest BCUT2D eigenvalue weighted by Crippen LogP contribution is 2.36. The number of fused-ring (bicyclic) bond motifs is 3. The molecule has 4 aromatic rings. The van der Waals surface area contributed by atoms with Crippen molar-refractivity contribution in [3.8, 4) is 11.4 Å². The lowest BCUT2D eigenvalue weighted by atomic mass is 10.0. The van der Waals surface area contributed by atoms with E-state index >= 15 is 0 Å². The first kappa shape index (κ1) is 19.0. The molecule has 0 unspecified atom stereocenters. The Morgan fingerprint density at radius 1 is 0.935 bits per heavy atom. The van der Waals surface area contributed by atoms with Gasteiger partial charge in [-0.25, -0.2) is 4.79 Å². The van der Waals surface area contributed by atoms with Crippen LogP contribution in [0.4, 0.5) is 10.5 Å². The van der Waals surface area contributed by atoms with E-state index in [9.17, 15) is 4.79 Å². The number of benzene rings is 3. The number of nitrogens with one attached hydrogen (secondary N) is 1. The van der Waals surface area contributed by atoms with E-state index in [0.717, 1.165) is 22.5 Å². The molecular formula is C26H23N3O2. The van der Waals surface area contributed by atoms with E-state index in [-0.39, 0.29) is 12.1 Å². The number of amides is 2. The Morgan fingerprint density at radius 2 is 1.74 bits per heavy atom. The van der Waals surface area contributed by atoms with Gasteiger partial charge in [0, 0.05) is 23.6 Å². The van der Waals surface area contributed by atoms with Crippen LogP contribution < -0.4 is 10.1 Å². The molecule has 154 valence electrons. The minimum atomic E-state index is -0.228. The predicted octanol–water partition coefficient (Wildman–Crippen LogP) is 5.62. The summed E-state index contributed by atoms with van der Waals surface area (Å²) >= 11 is 0. The number of ether oxygens (including phenoxy) is 1. The maximum Gasteiger partial charge on any atom is 0.322 e. The van der Waals surface area contributed by atoms with Gasteiger partial charge < -0.3 is 19.5 Å². The smallest absolute Gasteiger partial charge is 0.322 e. The lowest BCUT2D eigenvalue weighted by molar-refractivity contribution is 0.194. The molecular weight excluding hydrogens is 386 g/mol. The number of hydrogen-bond donors (Lipinski definition) is 1. The molecule has 0 saturated heterocycles. The molecule has 5 rings (SSSR count). The second-order valence-corrected chi connectivity index (χ2v) is 7.53. The van der Waals surface area contributed by atoms with Crippen LogP contribution in [0.2, 0.25) is 0 Å². The van der Waals surface area contributed by atoms with Crippen LogP contribution in [0.5, 0.6) is 5.75 Å². The third-order valence-electron chi connectivity index (χ3n) is 5.66. The number of urea groups is 1. The van der Waals surface area contributed by atoms with Crippen LogP contribution in [-0.2, 0) is 6.54 Å². The van der Waals surface area contributed by atoms with Crippen molar-refractivity contribution in [2.45, 2.75) is 12.6 Å². The summed E-state index contributed by atoms with van der Waals surface area (Å²) < 4.78 is 7.49. The lowest BCUT2D eigenvalue weighted by Gasteiger charge is -2.31. The molecule has 0 radical (unpaired) electrons. The number of hydrogen-bond acceptors (Lipinski definition) is 2. The summed E-state index contributed by atoms with van der Waals surface area (Å²) in [6.07, 6.45) is 2.06. The van der Waals surface area contributed by atoms with Gasteiger partial charge in [-0.05, 0) is 41.5 Å². The SMILES string of the molecule is COc1cccc(NC(=O)N2Cc3ccccc3-n3cccc3[C@@H]2c2ccccc2)c1. The number of aromatic nitrogens is 1. The maximum absolute atomic E-state index is 13.6. The van der Waals surface area contributed by atoms with E-state index in [2.05, 4.69) is 46.4 Å². The van der Waals surface area contributed by atoms with Crippen molar-refractivity contribution >= 4 is 11.7 Å². The van der Waals surface area contributed by atoms with Gasteiger partial charge in [0.2, 0.25) is 0 Å². The Morgan fingerprint density at radius 3 is 2.58 bits per heavy atom. The van der Waals surface area contributed by atoms with Crippen LogP contribution in [0.15, 0.2) is 97.2 Å². The van der Waals surface area contributed by atoms with Crippen LogP contribution >= 0.6 is 0 Å². The summed E-state index contributed by atoms with van der Waals surface area (Å²) in [5.74, 6) is 0.701. The summed E-state index contributed by atoms with van der Waals surface area (Å²) in [4.78, 5) is 15.5. The first-order valence-corrected chi connectivity index (χ1v) is 10.3. The van der Waals surface area contributed by atoms with Crippen molar-refractivity contribution in [3.63, 3.8) is 0 Å². The topological polar surface area (TPSA) is 46.5 Å². The van der Waals surface area contributed by atoms with Crippen molar-refractivity contribution in [2.75, 3.05) is 12.4 Å². The molecule has 0 aliphatic carbocycles. The largest absolute Gasteiger partial charge is 0.497 e. The van der Waals surface area contributed by atoms with Crippen LogP contribution in [0.25, 0.3) is 5.69 Å². The fraction of sp³-hybridized carbons (Fsp3) is 0.115. The highest BCUT2D eigenvalue weighted by molar-refractivity contribution is 5.90.